The van der Waals surface area contributed by atoms with Crippen LogP contribution in [-0.2, 0) is 0 Å². The van der Waals surface area contributed by atoms with Crippen molar-refractivity contribution in [2.75, 3.05) is 24.5 Å². The van der Waals surface area contributed by atoms with E-state index in [1.165, 1.54) is 16.6 Å². The van der Waals surface area contributed by atoms with Crippen LogP contribution in [0.2, 0.25) is 0 Å². The quantitative estimate of drug-likeness (QED) is 0.857. The van der Waals surface area contributed by atoms with Crippen LogP contribution >= 0.6 is 0 Å². The lowest BCUT2D eigenvalue weighted by molar-refractivity contribution is 0.668. The molecule has 1 aromatic carbocycles. The monoisotopic (exact) mass is 263 g/mol. The molecule has 100 valence electrons. The van der Waals surface area contributed by atoms with Crippen molar-refractivity contribution in [2.24, 2.45) is 0 Å². The van der Waals surface area contributed by atoms with Gasteiger partial charge in [-0.1, -0.05) is 18.2 Å². The van der Waals surface area contributed by atoms with Crippen molar-refractivity contribution in [2.45, 2.75) is 6.42 Å². The molecular weight excluding hydrogens is 246 g/mol. The van der Waals surface area contributed by atoms with Gasteiger partial charge in [0.25, 0.3) is 0 Å². The molecule has 1 N–H and O–H groups in total. The van der Waals surface area contributed by atoms with Gasteiger partial charge < -0.3 is 10.2 Å². The molecular formula is C17H17N3. The second-order valence-corrected chi connectivity index (χ2v) is 5.39. The summed E-state index contributed by atoms with van der Waals surface area (Å²) in [6.07, 6.45) is 7.54. The zero-order valence-electron chi connectivity index (χ0n) is 11.3. The van der Waals surface area contributed by atoms with Crippen molar-refractivity contribution in [3.05, 3.63) is 60.0 Å². The Hall–Kier alpha value is -2.13. The lowest BCUT2D eigenvalue weighted by Gasteiger charge is -2.30. The highest BCUT2D eigenvalue weighted by Gasteiger charge is 2.17. The van der Waals surface area contributed by atoms with Crippen molar-refractivity contribution in [3.8, 4) is 0 Å². The molecule has 0 fully saturated rings. The normalized spacial score (nSPS) is 18.5. The van der Waals surface area contributed by atoms with Crippen LogP contribution in [0.1, 0.15) is 6.42 Å². The van der Waals surface area contributed by atoms with Crippen molar-refractivity contribution in [1.29, 1.82) is 0 Å². The first-order chi connectivity index (χ1) is 9.90. The number of hydrogen-bond donors (Lipinski definition) is 1. The molecule has 20 heavy (non-hydrogen) atoms. The van der Waals surface area contributed by atoms with E-state index in [-0.39, 0.29) is 0 Å². The summed E-state index contributed by atoms with van der Waals surface area (Å²) in [7, 11) is 0. The molecule has 0 amide bonds. The van der Waals surface area contributed by atoms with Crippen molar-refractivity contribution >= 4 is 16.6 Å². The van der Waals surface area contributed by atoms with Gasteiger partial charge >= 0.3 is 0 Å². The summed E-state index contributed by atoms with van der Waals surface area (Å²) in [6.45, 7) is 3.10. The Labute approximate surface area is 118 Å². The number of fused-ring (bicyclic) bond motifs is 1. The molecule has 2 aliphatic heterocycles. The fraction of sp³-hybridized carbons (Fsp3) is 0.235. The molecule has 0 bridgehead atoms. The van der Waals surface area contributed by atoms with Crippen LogP contribution in [0.4, 0.5) is 5.69 Å². The summed E-state index contributed by atoms with van der Waals surface area (Å²) in [5, 5.41) is 4.62. The first kappa shape index (κ1) is 11.7. The largest absolute Gasteiger partial charge is 0.343 e. The minimum Gasteiger partial charge on any atom is -0.343 e. The molecule has 2 aromatic rings. The van der Waals surface area contributed by atoms with Gasteiger partial charge in [0.1, 0.15) is 0 Å². The minimum atomic E-state index is 0.994. The van der Waals surface area contributed by atoms with Gasteiger partial charge in [-0.25, -0.2) is 0 Å². The number of nitrogens with zero attached hydrogens (tertiary/aromatic N) is 2. The van der Waals surface area contributed by atoms with Gasteiger partial charge in [-0.15, -0.1) is 0 Å². The van der Waals surface area contributed by atoms with E-state index >= 15 is 0 Å². The summed E-state index contributed by atoms with van der Waals surface area (Å²) in [6, 6.07) is 10.5. The van der Waals surface area contributed by atoms with Crippen LogP contribution in [0, 0.1) is 0 Å². The topological polar surface area (TPSA) is 28.2 Å². The maximum Gasteiger partial charge on any atom is 0.0703 e. The first-order valence-electron chi connectivity index (χ1n) is 7.11. The number of nitrogens with one attached hydrogen (secondary N) is 1. The lowest BCUT2D eigenvalue weighted by atomic mass is 9.98. The Balaban J connectivity index is 1.67. The van der Waals surface area contributed by atoms with Gasteiger partial charge in [-0.05, 0) is 42.3 Å². The Morgan fingerprint density at radius 1 is 1.20 bits per heavy atom. The fourth-order valence-electron chi connectivity index (χ4n) is 2.94. The van der Waals surface area contributed by atoms with Gasteiger partial charge in [0.2, 0.25) is 0 Å². The number of anilines is 1. The Kier molecular flexibility index (Phi) is 2.78. The van der Waals surface area contributed by atoms with E-state index in [1.807, 2.05) is 12.3 Å². The Bertz CT molecular complexity index is 715. The third-order valence-electron chi connectivity index (χ3n) is 4.10. The van der Waals surface area contributed by atoms with E-state index in [4.69, 9.17) is 0 Å². The molecule has 2 aliphatic rings. The molecule has 0 unspecified atom stereocenters. The molecule has 0 atom stereocenters. The maximum atomic E-state index is 4.56. The van der Waals surface area contributed by atoms with Crippen LogP contribution in [0.25, 0.3) is 10.9 Å². The van der Waals surface area contributed by atoms with Crippen molar-refractivity contribution in [1.82, 2.24) is 10.3 Å². The van der Waals surface area contributed by atoms with Crippen molar-refractivity contribution in [3.63, 3.8) is 0 Å². The zero-order chi connectivity index (χ0) is 13.4. The minimum absolute atomic E-state index is 0.994. The molecule has 3 heteroatoms. The number of aromatic nitrogens is 1. The molecule has 3 nitrogen and oxygen atoms in total. The smallest absolute Gasteiger partial charge is 0.0703 e. The van der Waals surface area contributed by atoms with E-state index in [2.05, 4.69) is 51.7 Å². The summed E-state index contributed by atoms with van der Waals surface area (Å²) < 4.78 is 0. The first-order valence-corrected chi connectivity index (χ1v) is 7.11. The van der Waals surface area contributed by atoms with Crippen molar-refractivity contribution < 1.29 is 0 Å². The molecule has 4 rings (SSSR count). The number of para-hydroxylation sites is 1. The van der Waals surface area contributed by atoms with E-state index in [0.717, 1.165) is 31.6 Å². The molecule has 0 saturated carbocycles. The third kappa shape index (κ3) is 2.00. The second kappa shape index (κ2) is 4.76. The highest BCUT2D eigenvalue weighted by Crippen LogP contribution is 2.26. The molecule has 1 aromatic heterocycles. The van der Waals surface area contributed by atoms with Crippen LogP contribution < -0.4 is 10.2 Å². The van der Waals surface area contributed by atoms with Gasteiger partial charge in [-0.3, -0.25) is 4.98 Å². The Morgan fingerprint density at radius 3 is 3.15 bits per heavy atom. The number of benzene rings is 1. The predicted octanol–water partition coefficient (Wildman–Crippen LogP) is 2.86. The standard InChI is InChI=1S/C17H17N3/c1-2-4-17-13(3-1)9-16(11-19-17)20-8-6-14-10-18-7-5-15(14)12-20/h1-4,6,8-9,11,18H,5,7,10,12H2. The number of rotatable bonds is 1. The van der Waals surface area contributed by atoms with Crippen LogP contribution in [-0.4, -0.2) is 24.6 Å². The number of hydrogen-bond acceptors (Lipinski definition) is 3. The van der Waals surface area contributed by atoms with Crippen LogP contribution in [0.5, 0.6) is 0 Å². The van der Waals surface area contributed by atoms with E-state index in [0.29, 0.717) is 0 Å². The van der Waals surface area contributed by atoms with Gasteiger partial charge in [0, 0.05) is 24.7 Å². The predicted molar refractivity (Wildman–Crippen MR) is 82.7 cm³/mol. The SMILES string of the molecule is C1=CN(c2cnc3ccccc3c2)CC2=C1CNCC2. The van der Waals surface area contributed by atoms with Gasteiger partial charge in [-0.2, -0.15) is 0 Å². The summed E-state index contributed by atoms with van der Waals surface area (Å²) in [4.78, 5) is 6.85. The molecule has 0 aliphatic carbocycles. The molecule has 3 heterocycles. The fourth-order valence-corrected chi connectivity index (χ4v) is 2.94. The van der Waals surface area contributed by atoms with Crippen LogP contribution in [0.3, 0.4) is 0 Å². The van der Waals surface area contributed by atoms with Crippen LogP contribution in [0.15, 0.2) is 60.0 Å². The Morgan fingerprint density at radius 2 is 2.15 bits per heavy atom. The second-order valence-electron chi connectivity index (χ2n) is 5.39. The van der Waals surface area contributed by atoms with E-state index in [1.54, 1.807) is 5.57 Å². The van der Waals surface area contributed by atoms with E-state index in [9.17, 15) is 0 Å². The highest BCUT2D eigenvalue weighted by atomic mass is 15.1. The number of pyridine rings is 1. The lowest BCUT2D eigenvalue weighted by Crippen LogP contribution is -2.32. The average molecular weight is 263 g/mol. The summed E-state index contributed by atoms with van der Waals surface area (Å²) in [5.41, 5.74) is 5.24. The van der Waals surface area contributed by atoms with E-state index < -0.39 is 0 Å². The zero-order valence-corrected chi connectivity index (χ0v) is 11.3. The molecule has 0 saturated heterocycles. The average Bonchev–Trinajstić information content (AvgIpc) is 2.54. The van der Waals surface area contributed by atoms with Gasteiger partial charge in [0.05, 0.1) is 17.4 Å². The third-order valence-corrected chi connectivity index (χ3v) is 4.10. The highest BCUT2D eigenvalue weighted by molar-refractivity contribution is 5.82. The summed E-state index contributed by atoms with van der Waals surface area (Å²) >= 11 is 0. The summed E-state index contributed by atoms with van der Waals surface area (Å²) in [5.74, 6) is 0. The maximum absolute atomic E-state index is 4.56. The molecule has 0 radical (unpaired) electrons. The molecule has 0 spiro atoms. The van der Waals surface area contributed by atoms with Gasteiger partial charge in [0.15, 0.2) is 0 Å².